The zero-order valence-corrected chi connectivity index (χ0v) is 18.1. The van der Waals surface area contributed by atoms with Gasteiger partial charge in [-0.25, -0.2) is 4.98 Å². The number of aryl methyl sites for hydroxylation is 2. The quantitative estimate of drug-likeness (QED) is 0.277. The Kier molecular flexibility index (Phi) is 5.61. The summed E-state index contributed by atoms with van der Waals surface area (Å²) < 4.78 is 1.51. The number of thiophene rings is 1. The van der Waals surface area contributed by atoms with E-state index in [2.05, 4.69) is 10.3 Å². The van der Waals surface area contributed by atoms with Gasteiger partial charge in [-0.05, 0) is 44.2 Å². The van der Waals surface area contributed by atoms with Crippen molar-refractivity contribution in [3.05, 3.63) is 55.2 Å². The topological polar surface area (TPSA) is 107 Å². The van der Waals surface area contributed by atoms with Crippen molar-refractivity contribution in [3.8, 4) is 0 Å². The Morgan fingerprint density at radius 1 is 1.37 bits per heavy atom. The van der Waals surface area contributed by atoms with Crippen LogP contribution in [0.25, 0.3) is 10.2 Å². The van der Waals surface area contributed by atoms with Crippen LogP contribution in [0.15, 0.2) is 34.2 Å². The van der Waals surface area contributed by atoms with Gasteiger partial charge < -0.3 is 5.32 Å². The first-order valence-electron chi connectivity index (χ1n) is 9.58. The predicted octanol–water partition coefficient (Wildman–Crippen LogP) is 3.90. The van der Waals surface area contributed by atoms with Crippen molar-refractivity contribution < 1.29 is 9.72 Å². The molecule has 1 atom stereocenters. The molecule has 1 amide bonds. The summed E-state index contributed by atoms with van der Waals surface area (Å²) in [6, 6.07) is 5.79. The maximum Gasteiger partial charge on any atom is 0.271 e. The maximum absolute atomic E-state index is 13.0. The highest BCUT2D eigenvalue weighted by Crippen LogP contribution is 2.35. The van der Waals surface area contributed by atoms with Crippen molar-refractivity contribution >= 4 is 50.6 Å². The summed E-state index contributed by atoms with van der Waals surface area (Å²) in [6.45, 7) is 1.72. The SMILES string of the molecule is CC(Sc1nc2sc3c(c2c(=O)n1C)CCCC3)C(=O)Nc1cccc([N+](=O)[O-])c1. The lowest BCUT2D eigenvalue weighted by Crippen LogP contribution is -2.25. The van der Waals surface area contributed by atoms with E-state index in [4.69, 9.17) is 0 Å². The van der Waals surface area contributed by atoms with Gasteiger partial charge >= 0.3 is 0 Å². The third-order valence-electron chi connectivity index (χ3n) is 5.13. The fourth-order valence-corrected chi connectivity index (χ4v) is 5.70. The number of nitrogens with zero attached hydrogens (tertiary/aromatic N) is 3. The summed E-state index contributed by atoms with van der Waals surface area (Å²) in [4.78, 5) is 42.6. The maximum atomic E-state index is 13.0. The Hall–Kier alpha value is -2.72. The molecule has 1 aliphatic rings. The molecule has 8 nitrogen and oxygen atoms in total. The van der Waals surface area contributed by atoms with E-state index in [0.29, 0.717) is 10.8 Å². The van der Waals surface area contributed by atoms with Crippen molar-refractivity contribution in [1.29, 1.82) is 0 Å². The minimum absolute atomic E-state index is 0.0757. The predicted molar refractivity (Wildman–Crippen MR) is 119 cm³/mol. The summed E-state index contributed by atoms with van der Waals surface area (Å²) in [5, 5.41) is 14.3. The molecule has 30 heavy (non-hydrogen) atoms. The van der Waals surface area contributed by atoms with Crippen LogP contribution in [0.3, 0.4) is 0 Å². The number of thioether (sulfide) groups is 1. The van der Waals surface area contributed by atoms with Crippen molar-refractivity contribution in [2.75, 3.05) is 5.32 Å². The summed E-state index contributed by atoms with van der Waals surface area (Å²) >= 11 is 2.77. The molecule has 0 saturated heterocycles. The smallest absolute Gasteiger partial charge is 0.271 e. The standard InChI is InChI=1S/C20H20N4O4S2/c1-11(17(25)21-12-6-5-7-13(10-12)24(27)28)29-20-22-18-16(19(26)23(20)2)14-8-3-4-9-15(14)30-18/h5-7,10-11H,3-4,8-9H2,1-2H3,(H,21,25). The molecular weight excluding hydrogens is 424 g/mol. The number of hydrogen-bond acceptors (Lipinski definition) is 7. The van der Waals surface area contributed by atoms with Crippen LogP contribution in [0.1, 0.15) is 30.2 Å². The number of nitro groups is 1. The van der Waals surface area contributed by atoms with Crippen LogP contribution < -0.4 is 10.9 Å². The highest BCUT2D eigenvalue weighted by atomic mass is 32.2. The van der Waals surface area contributed by atoms with Crippen molar-refractivity contribution in [2.45, 2.75) is 43.0 Å². The molecule has 4 rings (SSSR count). The molecule has 0 bridgehead atoms. The fourth-order valence-electron chi connectivity index (χ4n) is 3.53. The number of hydrogen-bond donors (Lipinski definition) is 1. The van der Waals surface area contributed by atoms with Crippen molar-refractivity contribution in [2.24, 2.45) is 7.05 Å². The van der Waals surface area contributed by atoms with Gasteiger partial charge in [0.05, 0.1) is 15.6 Å². The van der Waals surface area contributed by atoms with Gasteiger partial charge in [0.2, 0.25) is 5.91 Å². The average Bonchev–Trinajstić information content (AvgIpc) is 3.10. The molecule has 156 valence electrons. The molecule has 1 N–H and O–H groups in total. The van der Waals surface area contributed by atoms with Crippen LogP contribution in [0.4, 0.5) is 11.4 Å². The van der Waals surface area contributed by atoms with E-state index in [0.717, 1.165) is 41.5 Å². The number of nitrogens with one attached hydrogen (secondary N) is 1. The normalized spacial score (nSPS) is 14.3. The number of benzene rings is 1. The third kappa shape index (κ3) is 3.84. The van der Waals surface area contributed by atoms with Crippen LogP contribution in [-0.4, -0.2) is 25.6 Å². The average molecular weight is 445 g/mol. The number of carbonyl (C=O) groups is 1. The van der Waals surface area contributed by atoms with Gasteiger partial charge in [-0.1, -0.05) is 17.8 Å². The lowest BCUT2D eigenvalue weighted by molar-refractivity contribution is -0.384. The van der Waals surface area contributed by atoms with Gasteiger partial charge in [0.15, 0.2) is 5.16 Å². The number of non-ortho nitro benzene ring substituents is 1. The van der Waals surface area contributed by atoms with E-state index < -0.39 is 10.2 Å². The fraction of sp³-hybridized carbons (Fsp3) is 0.350. The van der Waals surface area contributed by atoms with Gasteiger partial charge in [-0.3, -0.25) is 24.3 Å². The summed E-state index contributed by atoms with van der Waals surface area (Å²) in [6.07, 6.45) is 4.13. The summed E-state index contributed by atoms with van der Waals surface area (Å²) in [5.74, 6) is -0.319. The Balaban J connectivity index is 1.57. The van der Waals surface area contributed by atoms with E-state index in [1.165, 1.54) is 39.4 Å². The number of amides is 1. The molecule has 3 aromatic rings. The van der Waals surface area contributed by atoms with Gasteiger partial charge in [0.1, 0.15) is 4.83 Å². The zero-order chi connectivity index (χ0) is 21.4. The molecule has 0 fully saturated rings. The molecule has 2 aromatic heterocycles. The van der Waals surface area contributed by atoms with Crippen molar-refractivity contribution in [1.82, 2.24) is 9.55 Å². The first-order chi connectivity index (χ1) is 14.3. The molecule has 1 aromatic carbocycles. The molecule has 0 spiro atoms. The monoisotopic (exact) mass is 444 g/mol. The van der Waals surface area contributed by atoms with Gasteiger partial charge in [0, 0.05) is 29.7 Å². The first kappa shape index (κ1) is 20.5. The lowest BCUT2D eigenvalue weighted by atomic mass is 9.97. The summed E-state index contributed by atoms with van der Waals surface area (Å²) in [7, 11) is 1.68. The second-order valence-corrected chi connectivity index (χ2v) is 9.60. The van der Waals surface area contributed by atoms with Crippen LogP contribution in [0, 0.1) is 10.1 Å². The second-order valence-electron chi connectivity index (χ2n) is 7.21. The molecule has 2 heterocycles. The largest absolute Gasteiger partial charge is 0.325 e. The highest BCUT2D eigenvalue weighted by molar-refractivity contribution is 8.00. The molecule has 1 aliphatic carbocycles. The highest BCUT2D eigenvalue weighted by Gasteiger charge is 2.23. The van der Waals surface area contributed by atoms with Crippen LogP contribution >= 0.6 is 23.1 Å². The van der Waals surface area contributed by atoms with Crippen LogP contribution in [0.5, 0.6) is 0 Å². The van der Waals surface area contributed by atoms with Crippen molar-refractivity contribution in [3.63, 3.8) is 0 Å². The first-order valence-corrected chi connectivity index (χ1v) is 11.3. The second kappa shape index (κ2) is 8.19. The number of nitro benzene ring substituents is 1. The van der Waals surface area contributed by atoms with E-state index in [-0.39, 0.29) is 17.2 Å². The minimum Gasteiger partial charge on any atom is -0.325 e. The number of anilines is 1. The molecule has 0 radical (unpaired) electrons. The zero-order valence-electron chi connectivity index (χ0n) is 16.5. The van der Waals surface area contributed by atoms with Crippen LogP contribution in [-0.2, 0) is 24.7 Å². The lowest BCUT2D eigenvalue weighted by Gasteiger charge is -2.14. The van der Waals surface area contributed by atoms with Gasteiger partial charge in [-0.2, -0.15) is 0 Å². The Morgan fingerprint density at radius 2 is 2.13 bits per heavy atom. The van der Waals surface area contributed by atoms with E-state index in [1.54, 1.807) is 31.4 Å². The number of aromatic nitrogens is 2. The van der Waals surface area contributed by atoms with E-state index in [1.807, 2.05) is 0 Å². The number of carbonyl (C=O) groups excluding carboxylic acids is 1. The molecule has 0 aliphatic heterocycles. The van der Waals surface area contributed by atoms with E-state index >= 15 is 0 Å². The number of rotatable bonds is 5. The third-order valence-corrected chi connectivity index (χ3v) is 7.46. The molecular formula is C20H20N4O4S2. The number of fused-ring (bicyclic) bond motifs is 3. The van der Waals surface area contributed by atoms with Gasteiger partial charge in [-0.15, -0.1) is 11.3 Å². The Bertz CT molecular complexity index is 1220. The Morgan fingerprint density at radius 3 is 2.90 bits per heavy atom. The minimum atomic E-state index is -0.547. The van der Waals surface area contributed by atoms with E-state index in [9.17, 15) is 19.7 Å². The van der Waals surface area contributed by atoms with Gasteiger partial charge in [0.25, 0.3) is 11.2 Å². The molecule has 1 unspecified atom stereocenters. The molecule has 10 heteroatoms. The van der Waals surface area contributed by atoms with Crippen LogP contribution in [0.2, 0.25) is 0 Å². The summed E-state index contributed by atoms with van der Waals surface area (Å²) in [5.41, 5.74) is 1.32. The Labute approximate surface area is 180 Å². The molecule has 0 saturated carbocycles.